The van der Waals surface area contributed by atoms with Gasteiger partial charge < -0.3 is 0 Å². The Labute approximate surface area is 128 Å². The lowest BCUT2D eigenvalue weighted by atomic mass is 10.2. The summed E-state index contributed by atoms with van der Waals surface area (Å²) in [5, 5.41) is 3.44. The molecule has 2 aromatic heterocycles. The zero-order valence-electron chi connectivity index (χ0n) is 13.6. The topological polar surface area (TPSA) is 3.88 Å². The molecule has 1 aliphatic rings. The van der Waals surface area contributed by atoms with Crippen LogP contribution in [0.15, 0.2) is 12.3 Å². The largest absolute Gasteiger partial charge is 0.204 e. The SMILES string of the molecule is CCc1c2sc3c(c2cc[n+]1C)[Si](C)(C)CC[Si]3(C)C. The number of aromatic nitrogens is 1. The van der Waals surface area contributed by atoms with Gasteiger partial charge in [-0.05, 0) is 9.69 Å². The molecule has 0 unspecified atom stereocenters. The average Bonchev–Trinajstić information content (AvgIpc) is 2.77. The van der Waals surface area contributed by atoms with E-state index < -0.39 is 16.1 Å². The van der Waals surface area contributed by atoms with Crippen LogP contribution in [0, 0.1) is 0 Å². The summed E-state index contributed by atoms with van der Waals surface area (Å²) in [6, 6.07) is 5.39. The third-order valence-electron chi connectivity index (χ3n) is 5.10. The standard InChI is InChI=1S/C16H26NSSi2/c1-7-13-14-12(8-9-17(13)2)15-16(18-14)20(5,6)11-10-19(15,3)4/h8-9H,7,10-11H2,1-6H3/q+1. The second-order valence-corrected chi connectivity index (χ2v) is 18.5. The Morgan fingerprint density at radius 3 is 2.45 bits per heavy atom. The lowest BCUT2D eigenvalue weighted by Crippen LogP contribution is -2.61. The molecule has 0 bridgehead atoms. The number of nitrogens with zero attached hydrogens (tertiary/aromatic N) is 1. The summed E-state index contributed by atoms with van der Waals surface area (Å²) < 4.78 is 5.75. The minimum atomic E-state index is -1.23. The maximum atomic E-state index is 2.58. The minimum Gasteiger partial charge on any atom is -0.204 e. The third kappa shape index (κ3) is 1.96. The molecule has 0 amide bonds. The summed E-state index contributed by atoms with van der Waals surface area (Å²) in [4.78, 5) is 0. The van der Waals surface area contributed by atoms with Crippen LogP contribution in [0.2, 0.25) is 38.3 Å². The van der Waals surface area contributed by atoms with Gasteiger partial charge in [0, 0.05) is 17.9 Å². The molecular weight excluding hydrogens is 294 g/mol. The summed E-state index contributed by atoms with van der Waals surface area (Å²) in [6.45, 7) is 12.6. The fourth-order valence-electron chi connectivity index (χ4n) is 3.68. The first kappa shape index (κ1) is 14.5. The van der Waals surface area contributed by atoms with Crippen molar-refractivity contribution in [3.63, 3.8) is 0 Å². The molecule has 20 heavy (non-hydrogen) atoms. The maximum Gasteiger partial charge on any atom is 0.198 e. The predicted molar refractivity (Wildman–Crippen MR) is 96.2 cm³/mol. The van der Waals surface area contributed by atoms with Gasteiger partial charge in [0.05, 0.1) is 16.1 Å². The molecule has 4 heteroatoms. The van der Waals surface area contributed by atoms with E-state index in [-0.39, 0.29) is 0 Å². The van der Waals surface area contributed by atoms with Crippen LogP contribution in [0.1, 0.15) is 12.6 Å². The number of pyridine rings is 1. The second kappa shape index (κ2) is 4.52. The van der Waals surface area contributed by atoms with Gasteiger partial charge in [0.1, 0.15) is 11.7 Å². The van der Waals surface area contributed by atoms with E-state index in [9.17, 15) is 0 Å². The molecule has 1 aliphatic heterocycles. The fourth-order valence-corrected chi connectivity index (χ4v) is 17.4. The lowest BCUT2D eigenvalue weighted by molar-refractivity contribution is -0.677. The Kier molecular flexibility index (Phi) is 3.27. The highest BCUT2D eigenvalue weighted by molar-refractivity contribution is 7.35. The van der Waals surface area contributed by atoms with E-state index in [4.69, 9.17) is 0 Å². The van der Waals surface area contributed by atoms with Gasteiger partial charge in [-0.15, -0.1) is 11.3 Å². The summed E-state index contributed by atoms with van der Waals surface area (Å²) in [5.74, 6) is 0. The van der Waals surface area contributed by atoms with Crippen LogP contribution >= 0.6 is 11.3 Å². The smallest absolute Gasteiger partial charge is 0.198 e. The molecular formula is C16H26NSSi2+. The number of fused-ring (bicyclic) bond motifs is 3. The Balaban J connectivity index is 2.43. The van der Waals surface area contributed by atoms with Gasteiger partial charge in [0.25, 0.3) is 0 Å². The normalized spacial score (nSPS) is 20.1. The van der Waals surface area contributed by atoms with Gasteiger partial charge in [0.15, 0.2) is 11.9 Å². The van der Waals surface area contributed by atoms with Gasteiger partial charge in [-0.1, -0.05) is 45.2 Å². The van der Waals surface area contributed by atoms with Crippen LogP contribution < -0.4 is 14.3 Å². The maximum absolute atomic E-state index is 2.58. The molecule has 0 fully saturated rings. The molecule has 2 aromatic rings. The number of aryl methyl sites for hydroxylation is 2. The first-order valence-electron chi connectivity index (χ1n) is 7.73. The highest BCUT2D eigenvalue weighted by Crippen LogP contribution is 2.33. The summed E-state index contributed by atoms with van der Waals surface area (Å²) >= 11 is 2.15. The zero-order chi connectivity index (χ0) is 14.7. The van der Waals surface area contributed by atoms with E-state index in [2.05, 4.69) is 68.3 Å². The van der Waals surface area contributed by atoms with E-state index in [0.717, 1.165) is 6.42 Å². The van der Waals surface area contributed by atoms with Gasteiger partial charge >= 0.3 is 0 Å². The molecule has 0 aromatic carbocycles. The summed E-state index contributed by atoms with van der Waals surface area (Å²) in [7, 11) is -0.225. The van der Waals surface area contributed by atoms with Crippen molar-refractivity contribution >= 4 is 47.3 Å². The number of rotatable bonds is 1. The highest BCUT2D eigenvalue weighted by atomic mass is 32.1. The number of thiophene rings is 1. The van der Waals surface area contributed by atoms with Gasteiger partial charge in [-0.3, -0.25) is 0 Å². The van der Waals surface area contributed by atoms with Crippen molar-refractivity contribution in [1.82, 2.24) is 0 Å². The van der Waals surface area contributed by atoms with Crippen molar-refractivity contribution in [3.05, 3.63) is 18.0 Å². The van der Waals surface area contributed by atoms with Crippen molar-refractivity contribution in [2.24, 2.45) is 7.05 Å². The molecule has 0 atom stereocenters. The van der Waals surface area contributed by atoms with Crippen LogP contribution in [-0.4, -0.2) is 16.1 Å². The molecule has 108 valence electrons. The average molecular weight is 321 g/mol. The Morgan fingerprint density at radius 1 is 1.15 bits per heavy atom. The molecule has 3 heterocycles. The molecule has 0 saturated heterocycles. The quantitative estimate of drug-likeness (QED) is 0.561. The van der Waals surface area contributed by atoms with Crippen LogP contribution in [0.25, 0.3) is 10.1 Å². The Hall–Kier alpha value is -0.456. The fraction of sp³-hybridized carbons (Fsp3) is 0.562. The van der Waals surface area contributed by atoms with E-state index in [1.807, 2.05) is 9.69 Å². The van der Waals surface area contributed by atoms with E-state index >= 15 is 0 Å². The molecule has 0 N–H and O–H groups in total. The molecule has 0 radical (unpaired) electrons. The molecule has 3 rings (SSSR count). The molecule has 0 aliphatic carbocycles. The second-order valence-electron chi connectivity index (χ2n) is 7.54. The Bertz CT molecular complexity index is 685. The van der Waals surface area contributed by atoms with Crippen molar-refractivity contribution < 1.29 is 4.57 Å². The summed E-state index contributed by atoms with van der Waals surface area (Å²) in [6.07, 6.45) is 3.42. The van der Waals surface area contributed by atoms with Gasteiger partial charge in [0.2, 0.25) is 0 Å². The van der Waals surface area contributed by atoms with E-state index in [1.54, 1.807) is 10.1 Å². The van der Waals surface area contributed by atoms with Crippen LogP contribution in [0.5, 0.6) is 0 Å². The number of hydrogen-bond acceptors (Lipinski definition) is 1. The number of hydrogen-bond donors (Lipinski definition) is 0. The van der Waals surface area contributed by atoms with Crippen molar-refractivity contribution in [1.29, 1.82) is 0 Å². The third-order valence-corrected chi connectivity index (χ3v) is 15.4. The summed E-state index contributed by atoms with van der Waals surface area (Å²) in [5.41, 5.74) is 1.52. The van der Waals surface area contributed by atoms with Crippen LogP contribution in [0.4, 0.5) is 0 Å². The zero-order valence-corrected chi connectivity index (χ0v) is 16.4. The monoisotopic (exact) mass is 320 g/mol. The minimum absolute atomic E-state index is 1.14. The van der Waals surface area contributed by atoms with E-state index in [0.29, 0.717) is 0 Å². The predicted octanol–water partition coefficient (Wildman–Crippen LogP) is 3.13. The Morgan fingerprint density at radius 2 is 1.80 bits per heavy atom. The van der Waals surface area contributed by atoms with Crippen LogP contribution in [-0.2, 0) is 13.5 Å². The molecule has 0 saturated carbocycles. The van der Waals surface area contributed by atoms with Gasteiger partial charge in [-0.25, -0.2) is 4.57 Å². The van der Waals surface area contributed by atoms with Crippen molar-refractivity contribution in [2.75, 3.05) is 0 Å². The first-order chi connectivity index (χ1) is 9.28. The lowest BCUT2D eigenvalue weighted by Gasteiger charge is -2.37. The van der Waals surface area contributed by atoms with Gasteiger partial charge in [-0.2, -0.15) is 0 Å². The molecule has 0 spiro atoms. The van der Waals surface area contributed by atoms with Crippen molar-refractivity contribution in [2.45, 2.75) is 51.6 Å². The first-order valence-corrected chi connectivity index (χ1v) is 15.0. The van der Waals surface area contributed by atoms with Crippen LogP contribution in [0.3, 0.4) is 0 Å². The highest BCUT2D eigenvalue weighted by Gasteiger charge is 2.43. The molecule has 1 nitrogen and oxygen atoms in total. The van der Waals surface area contributed by atoms with E-state index in [1.165, 1.54) is 17.8 Å². The van der Waals surface area contributed by atoms with Crippen molar-refractivity contribution in [3.8, 4) is 0 Å².